The summed E-state index contributed by atoms with van der Waals surface area (Å²) in [6.45, 7) is 0.712. The first-order chi connectivity index (χ1) is 8.29. The molecule has 0 aliphatic carbocycles. The van der Waals surface area contributed by atoms with Crippen LogP contribution >= 0.6 is 11.3 Å². The van der Waals surface area contributed by atoms with Gasteiger partial charge in [-0.25, -0.2) is 0 Å². The first kappa shape index (κ1) is 11.5. The molecule has 0 fully saturated rings. The first-order valence-corrected chi connectivity index (χ1v) is 6.07. The second kappa shape index (κ2) is 5.36. The van der Waals surface area contributed by atoms with Crippen molar-refractivity contribution in [1.82, 2.24) is 0 Å². The van der Waals surface area contributed by atoms with E-state index in [0.29, 0.717) is 6.54 Å². The van der Waals surface area contributed by atoms with Gasteiger partial charge in [-0.3, -0.25) is 0 Å². The van der Waals surface area contributed by atoms with E-state index in [4.69, 9.17) is 10.9 Å². The highest BCUT2D eigenvalue weighted by molar-refractivity contribution is 7.08. The molecule has 2 rings (SSSR count). The van der Waals surface area contributed by atoms with Crippen LogP contribution < -0.4 is 11.1 Å². The van der Waals surface area contributed by atoms with Crippen molar-refractivity contribution in [3.05, 3.63) is 52.2 Å². The van der Waals surface area contributed by atoms with Crippen LogP contribution in [0.3, 0.4) is 0 Å². The first-order valence-electron chi connectivity index (χ1n) is 5.12. The van der Waals surface area contributed by atoms with Crippen molar-refractivity contribution in [3.63, 3.8) is 0 Å². The number of rotatable bonds is 4. The zero-order chi connectivity index (χ0) is 12.1. The highest BCUT2D eigenvalue weighted by Gasteiger charge is 2.00. The van der Waals surface area contributed by atoms with Gasteiger partial charge in [0.15, 0.2) is 5.84 Å². The number of anilines is 1. The van der Waals surface area contributed by atoms with Crippen molar-refractivity contribution in [1.29, 1.82) is 0 Å². The summed E-state index contributed by atoms with van der Waals surface area (Å²) in [7, 11) is 0. The summed E-state index contributed by atoms with van der Waals surface area (Å²) in [4.78, 5) is 0. The molecule has 1 aromatic heterocycles. The van der Waals surface area contributed by atoms with Crippen LogP contribution in [0.2, 0.25) is 0 Å². The minimum atomic E-state index is 0.127. The van der Waals surface area contributed by atoms with Gasteiger partial charge in [0.2, 0.25) is 0 Å². The summed E-state index contributed by atoms with van der Waals surface area (Å²) in [6, 6.07) is 9.61. The average molecular weight is 247 g/mol. The highest BCUT2D eigenvalue weighted by atomic mass is 32.1. The number of hydrogen-bond acceptors (Lipinski definition) is 4. The number of nitrogens with two attached hydrogens (primary N) is 1. The molecule has 17 heavy (non-hydrogen) atoms. The van der Waals surface area contributed by atoms with Gasteiger partial charge in [0, 0.05) is 23.2 Å². The van der Waals surface area contributed by atoms with Crippen LogP contribution in [-0.2, 0) is 6.54 Å². The van der Waals surface area contributed by atoms with E-state index in [-0.39, 0.29) is 5.84 Å². The van der Waals surface area contributed by atoms with E-state index >= 15 is 0 Å². The second-order valence-corrected chi connectivity index (χ2v) is 4.33. The van der Waals surface area contributed by atoms with E-state index in [9.17, 15) is 0 Å². The third-order valence-electron chi connectivity index (χ3n) is 2.35. The number of oxime groups is 1. The van der Waals surface area contributed by atoms with E-state index in [1.54, 1.807) is 11.3 Å². The van der Waals surface area contributed by atoms with Gasteiger partial charge in [-0.15, -0.1) is 0 Å². The molecule has 0 saturated heterocycles. The molecule has 1 aromatic carbocycles. The van der Waals surface area contributed by atoms with Gasteiger partial charge in [-0.1, -0.05) is 23.4 Å². The minimum absolute atomic E-state index is 0.127. The molecule has 2 aromatic rings. The largest absolute Gasteiger partial charge is 0.409 e. The van der Waals surface area contributed by atoms with Crippen LogP contribution in [0.4, 0.5) is 5.69 Å². The molecule has 4 nitrogen and oxygen atoms in total. The summed E-state index contributed by atoms with van der Waals surface area (Å²) in [6.07, 6.45) is 0. The van der Waals surface area contributed by atoms with Gasteiger partial charge in [-0.2, -0.15) is 11.3 Å². The van der Waals surface area contributed by atoms with Crippen molar-refractivity contribution in [2.45, 2.75) is 6.54 Å². The monoisotopic (exact) mass is 247 g/mol. The van der Waals surface area contributed by atoms with Crippen LogP contribution in [0, 0.1) is 0 Å². The maximum absolute atomic E-state index is 8.61. The zero-order valence-corrected chi connectivity index (χ0v) is 9.95. The summed E-state index contributed by atoms with van der Waals surface area (Å²) in [5.74, 6) is 0.127. The van der Waals surface area contributed by atoms with Gasteiger partial charge in [-0.05, 0) is 23.1 Å². The molecule has 5 heteroatoms. The molecule has 0 bridgehead atoms. The van der Waals surface area contributed by atoms with Crippen LogP contribution in [0.25, 0.3) is 0 Å². The van der Waals surface area contributed by atoms with Crippen molar-refractivity contribution in [3.8, 4) is 0 Å². The zero-order valence-electron chi connectivity index (χ0n) is 9.13. The van der Waals surface area contributed by atoms with Crippen molar-refractivity contribution in [2.75, 3.05) is 5.32 Å². The smallest absolute Gasteiger partial charge is 0.170 e. The van der Waals surface area contributed by atoms with Crippen molar-refractivity contribution in [2.24, 2.45) is 10.9 Å². The average Bonchev–Trinajstić information content (AvgIpc) is 2.89. The number of thiophene rings is 1. The Kier molecular flexibility index (Phi) is 3.62. The fourth-order valence-electron chi connectivity index (χ4n) is 1.47. The lowest BCUT2D eigenvalue weighted by atomic mass is 10.1. The van der Waals surface area contributed by atoms with Gasteiger partial charge in [0.25, 0.3) is 0 Å². The van der Waals surface area contributed by atoms with E-state index < -0.39 is 0 Å². The molecule has 0 radical (unpaired) electrons. The fourth-order valence-corrected chi connectivity index (χ4v) is 2.08. The molecule has 0 unspecified atom stereocenters. The van der Waals surface area contributed by atoms with Gasteiger partial charge in [0.05, 0.1) is 0 Å². The predicted molar refractivity (Wildman–Crippen MR) is 70.6 cm³/mol. The Morgan fingerprint density at radius 2 is 2.29 bits per heavy atom. The molecular formula is C12H13N3OS. The lowest BCUT2D eigenvalue weighted by Gasteiger charge is -2.06. The highest BCUT2D eigenvalue weighted by Crippen LogP contribution is 2.13. The van der Waals surface area contributed by atoms with E-state index in [1.807, 2.05) is 41.1 Å². The third-order valence-corrected chi connectivity index (χ3v) is 3.03. The maximum atomic E-state index is 8.61. The number of nitrogens with one attached hydrogen (secondary N) is 1. The molecule has 0 atom stereocenters. The lowest BCUT2D eigenvalue weighted by Crippen LogP contribution is -2.13. The lowest BCUT2D eigenvalue weighted by molar-refractivity contribution is 0.318. The molecule has 0 aliphatic heterocycles. The summed E-state index contributed by atoms with van der Waals surface area (Å²) in [5.41, 5.74) is 8.44. The van der Waals surface area contributed by atoms with Crippen molar-refractivity contribution >= 4 is 22.9 Å². The van der Waals surface area contributed by atoms with Crippen LogP contribution in [0.5, 0.6) is 0 Å². The Morgan fingerprint density at radius 3 is 3.00 bits per heavy atom. The number of benzene rings is 1. The summed E-state index contributed by atoms with van der Waals surface area (Å²) < 4.78 is 0. The number of amidine groups is 1. The fraction of sp³-hybridized carbons (Fsp3) is 0.0833. The van der Waals surface area contributed by atoms with Gasteiger partial charge in [0.1, 0.15) is 0 Å². The molecule has 1 heterocycles. The third kappa shape index (κ3) is 2.98. The van der Waals surface area contributed by atoms with Crippen molar-refractivity contribution < 1.29 is 5.21 Å². The Hall–Kier alpha value is -2.01. The number of nitrogens with zero attached hydrogens (tertiary/aromatic N) is 1. The molecule has 0 aliphatic rings. The molecular weight excluding hydrogens is 234 g/mol. The predicted octanol–water partition coefficient (Wildman–Crippen LogP) is 2.45. The Labute approximate surface area is 103 Å². The molecule has 0 saturated carbocycles. The topological polar surface area (TPSA) is 70.6 Å². The van der Waals surface area contributed by atoms with Gasteiger partial charge >= 0.3 is 0 Å². The number of hydrogen-bond donors (Lipinski definition) is 3. The second-order valence-electron chi connectivity index (χ2n) is 3.55. The SMILES string of the molecule is NC(=NO)c1cccc(CNc2ccsc2)c1. The summed E-state index contributed by atoms with van der Waals surface area (Å²) >= 11 is 1.65. The quantitative estimate of drug-likeness (QED) is 0.336. The van der Waals surface area contributed by atoms with E-state index in [1.165, 1.54) is 0 Å². The van der Waals surface area contributed by atoms with Crippen LogP contribution in [-0.4, -0.2) is 11.0 Å². The molecule has 88 valence electrons. The summed E-state index contributed by atoms with van der Waals surface area (Å²) in [5, 5.41) is 19.0. The molecule has 0 amide bonds. The Bertz CT molecular complexity index is 508. The molecule has 4 N–H and O–H groups in total. The molecule has 0 spiro atoms. The van der Waals surface area contributed by atoms with Crippen LogP contribution in [0.15, 0.2) is 46.2 Å². The maximum Gasteiger partial charge on any atom is 0.170 e. The minimum Gasteiger partial charge on any atom is -0.409 e. The Balaban J connectivity index is 2.06. The standard InChI is InChI=1S/C12H13N3OS/c13-12(15-16)10-3-1-2-9(6-10)7-14-11-4-5-17-8-11/h1-6,8,14,16H,7H2,(H2,13,15). The van der Waals surface area contributed by atoms with Gasteiger partial charge < -0.3 is 16.3 Å². The van der Waals surface area contributed by atoms with Crippen LogP contribution in [0.1, 0.15) is 11.1 Å². The normalized spacial score (nSPS) is 11.4. The Morgan fingerprint density at radius 1 is 1.41 bits per heavy atom. The van der Waals surface area contributed by atoms with E-state index in [2.05, 4.69) is 10.5 Å². The van der Waals surface area contributed by atoms with E-state index in [0.717, 1.165) is 16.8 Å².